The van der Waals surface area contributed by atoms with E-state index in [0.29, 0.717) is 18.1 Å². The number of benzene rings is 2. The third kappa shape index (κ3) is 6.93. The first-order valence-corrected chi connectivity index (χ1v) is 13.4. The van der Waals surface area contributed by atoms with Gasteiger partial charge in [-0.05, 0) is 60.0 Å². The average Bonchev–Trinajstić information content (AvgIpc) is 2.93. The van der Waals surface area contributed by atoms with Gasteiger partial charge in [0, 0.05) is 18.9 Å². The maximum absolute atomic E-state index is 13.6. The van der Waals surface area contributed by atoms with Crippen LogP contribution in [0.2, 0.25) is 0 Å². The molecule has 196 valence electrons. The number of pyridine rings is 2. The van der Waals surface area contributed by atoms with E-state index in [1.807, 2.05) is 55.5 Å². The molecule has 0 saturated carbocycles. The maximum atomic E-state index is 13.6. The number of sulfonamides is 1. The van der Waals surface area contributed by atoms with Crippen molar-refractivity contribution in [3.63, 3.8) is 0 Å². The van der Waals surface area contributed by atoms with Crippen LogP contribution in [0.15, 0.2) is 96.2 Å². The highest BCUT2D eigenvalue weighted by atomic mass is 32.2. The third-order valence-electron chi connectivity index (χ3n) is 5.63. The normalized spacial score (nSPS) is 11.3. The molecule has 0 amide bonds. The van der Waals surface area contributed by atoms with Crippen LogP contribution in [-0.4, -0.2) is 46.9 Å². The lowest BCUT2D eigenvalue weighted by Crippen LogP contribution is -2.30. The smallest absolute Gasteiger partial charge is 0.322 e. The Labute approximate surface area is 221 Å². The Morgan fingerprint density at radius 3 is 2.47 bits per heavy atom. The second-order valence-corrected chi connectivity index (χ2v) is 10.3. The van der Waals surface area contributed by atoms with Crippen LogP contribution in [0.25, 0.3) is 11.1 Å². The molecule has 0 aliphatic rings. The van der Waals surface area contributed by atoms with Gasteiger partial charge in [-0.1, -0.05) is 42.5 Å². The Morgan fingerprint density at radius 1 is 0.974 bits per heavy atom. The first kappa shape index (κ1) is 26.8. The summed E-state index contributed by atoms with van der Waals surface area (Å²) < 4.78 is 34.1. The van der Waals surface area contributed by atoms with Gasteiger partial charge in [0.05, 0.1) is 18.8 Å². The van der Waals surface area contributed by atoms with Crippen molar-refractivity contribution in [1.29, 1.82) is 0 Å². The summed E-state index contributed by atoms with van der Waals surface area (Å²) in [6.45, 7) is 2.30. The number of carboxylic acid groups (broad SMARTS) is 1. The number of rotatable bonds is 12. The summed E-state index contributed by atoms with van der Waals surface area (Å²) in [4.78, 5) is 19.3. The van der Waals surface area contributed by atoms with Gasteiger partial charge in [-0.25, -0.2) is 13.4 Å². The lowest BCUT2D eigenvalue weighted by molar-refractivity contribution is -0.134. The molecule has 4 rings (SSSR count). The van der Waals surface area contributed by atoms with E-state index in [9.17, 15) is 13.2 Å². The topological polar surface area (TPSA) is 122 Å². The zero-order valence-electron chi connectivity index (χ0n) is 20.8. The molecule has 2 aromatic heterocycles. The molecular formula is C28H28N4O5S. The van der Waals surface area contributed by atoms with Crippen molar-refractivity contribution in [2.75, 3.05) is 18.5 Å². The van der Waals surface area contributed by atoms with Crippen LogP contribution in [0, 0.1) is 0 Å². The first-order valence-electron chi connectivity index (χ1n) is 12.0. The molecule has 2 aromatic carbocycles. The lowest BCUT2D eigenvalue weighted by Gasteiger charge is -2.22. The van der Waals surface area contributed by atoms with E-state index in [1.165, 1.54) is 22.8 Å². The number of hydrogen-bond donors (Lipinski definition) is 2. The molecule has 10 heteroatoms. The Hall–Kier alpha value is -4.28. The van der Waals surface area contributed by atoms with Crippen molar-refractivity contribution in [3.8, 4) is 16.9 Å². The second kappa shape index (κ2) is 12.3. The minimum atomic E-state index is -3.91. The zero-order chi connectivity index (χ0) is 27.0. The van der Waals surface area contributed by atoms with Crippen LogP contribution in [0.5, 0.6) is 5.75 Å². The van der Waals surface area contributed by atoms with Gasteiger partial charge in [0.2, 0.25) is 10.0 Å². The quantitative estimate of drug-likeness (QED) is 0.275. The molecule has 0 bridgehead atoms. The fourth-order valence-corrected chi connectivity index (χ4v) is 5.19. The Morgan fingerprint density at radius 2 is 1.76 bits per heavy atom. The predicted molar refractivity (Wildman–Crippen MR) is 144 cm³/mol. The molecule has 0 spiro atoms. The van der Waals surface area contributed by atoms with Crippen molar-refractivity contribution >= 4 is 21.8 Å². The van der Waals surface area contributed by atoms with Crippen LogP contribution in [-0.2, 0) is 27.9 Å². The Kier molecular flexibility index (Phi) is 8.67. The summed E-state index contributed by atoms with van der Waals surface area (Å²) in [7, 11) is -3.91. The van der Waals surface area contributed by atoms with Crippen molar-refractivity contribution in [2.45, 2.75) is 24.9 Å². The summed E-state index contributed by atoms with van der Waals surface area (Å²) in [5.41, 5.74) is 3.24. The van der Waals surface area contributed by atoms with Gasteiger partial charge < -0.3 is 15.2 Å². The highest BCUT2D eigenvalue weighted by Crippen LogP contribution is 2.26. The fourth-order valence-electron chi connectivity index (χ4n) is 3.83. The maximum Gasteiger partial charge on any atom is 0.322 e. The summed E-state index contributed by atoms with van der Waals surface area (Å²) in [5.74, 6) is 0.115. The van der Waals surface area contributed by atoms with E-state index in [-0.39, 0.29) is 24.5 Å². The molecular weight excluding hydrogens is 504 g/mol. The van der Waals surface area contributed by atoms with E-state index < -0.39 is 16.0 Å². The molecule has 0 atom stereocenters. The molecule has 0 radical (unpaired) electrons. The van der Waals surface area contributed by atoms with Gasteiger partial charge >= 0.3 is 5.97 Å². The molecule has 38 heavy (non-hydrogen) atoms. The molecule has 2 heterocycles. The predicted octanol–water partition coefficient (Wildman–Crippen LogP) is 4.43. The summed E-state index contributed by atoms with van der Waals surface area (Å²) in [6.07, 6.45) is 2.83. The van der Waals surface area contributed by atoms with Gasteiger partial charge in [-0.3, -0.25) is 9.78 Å². The van der Waals surface area contributed by atoms with E-state index in [0.717, 1.165) is 22.4 Å². The lowest BCUT2D eigenvalue weighted by atomic mass is 10.0. The fraction of sp³-hybridized carbons (Fsp3) is 0.179. The number of nitrogens with one attached hydrogen (secondary N) is 1. The molecule has 0 aliphatic heterocycles. The van der Waals surface area contributed by atoms with Gasteiger partial charge in [-0.15, -0.1) is 0 Å². The number of nitrogens with zero attached hydrogens (tertiary/aromatic N) is 3. The summed E-state index contributed by atoms with van der Waals surface area (Å²) in [6, 6.07) is 23.6. The Bertz CT molecular complexity index is 1480. The van der Waals surface area contributed by atoms with Crippen molar-refractivity contribution in [3.05, 3.63) is 103 Å². The molecule has 0 unspecified atom stereocenters. The van der Waals surface area contributed by atoms with Gasteiger partial charge in [0.15, 0.2) is 0 Å². The number of ether oxygens (including phenoxy) is 1. The van der Waals surface area contributed by atoms with E-state index in [4.69, 9.17) is 9.84 Å². The number of aliphatic carboxylic acids is 1. The van der Waals surface area contributed by atoms with Crippen LogP contribution in [0.3, 0.4) is 0 Å². The largest absolute Gasteiger partial charge is 0.494 e. The molecule has 4 aromatic rings. The number of hydrogen-bond acceptors (Lipinski definition) is 7. The zero-order valence-corrected chi connectivity index (χ0v) is 21.6. The van der Waals surface area contributed by atoms with Crippen LogP contribution >= 0.6 is 0 Å². The number of aromatic nitrogens is 2. The van der Waals surface area contributed by atoms with E-state index in [2.05, 4.69) is 15.3 Å². The highest BCUT2D eigenvalue weighted by Gasteiger charge is 2.26. The standard InChI is InChI=1S/C28H28N4O5S/c1-2-37-25-8-3-6-23(16-25)22-13-11-21(12-14-22)19-32(38(35,36)26-9-5-15-29-17-26)20-24-7-4-10-27(31-24)30-18-28(33)34/h3-17H,2,18-20H2,1H3,(H,30,31)(H,33,34). The summed E-state index contributed by atoms with van der Waals surface area (Å²) >= 11 is 0. The first-order chi connectivity index (χ1) is 18.3. The number of anilines is 1. The molecule has 0 fully saturated rings. The second-order valence-electron chi connectivity index (χ2n) is 8.38. The van der Waals surface area contributed by atoms with Gasteiger partial charge in [0.1, 0.15) is 23.0 Å². The Balaban J connectivity index is 1.60. The SMILES string of the molecule is CCOc1cccc(-c2ccc(CN(Cc3cccc(NCC(=O)O)n3)S(=O)(=O)c3cccnc3)cc2)c1. The number of carbonyl (C=O) groups is 1. The average molecular weight is 533 g/mol. The molecule has 2 N–H and O–H groups in total. The minimum Gasteiger partial charge on any atom is -0.494 e. The molecule has 0 saturated heterocycles. The van der Waals surface area contributed by atoms with E-state index >= 15 is 0 Å². The highest BCUT2D eigenvalue weighted by molar-refractivity contribution is 7.89. The summed E-state index contributed by atoms with van der Waals surface area (Å²) in [5, 5.41) is 11.6. The molecule has 0 aliphatic carbocycles. The van der Waals surface area contributed by atoms with Crippen LogP contribution in [0.1, 0.15) is 18.2 Å². The monoisotopic (exact) mass is 532 g/mol. The van der Waals surface area contributed by atoms with Gasteiger partial charge in [-0.2, -0.15) is 4.31 Å². The minimum absolute atomic E-state index is 0.0159. The molecule has 9 nitrogen and oxygen atoms in total. The van der Waals surface area contributed by atoms with E-state index in [1.54, 1.807) is 24.3 Å². The van der Waals surface area contributed by atoms with Crippen molar-refractivity contribution < 1.29 is 23.1 Å². The van der Waals surface area contributed by atoms with Gasteiger partial charge in [0.25, 0.3) is 0 Å². The van der Waals surface area contributed by atoms with Crippen LogP contribution in [0.4, 0.5) is 5.82 Å². The van der Waals surface area contributed by atoms with Crippen LogP contribution < -0.4 is 10.1 Å². The number of carboxylic acids is 1. The third-order valence-corrected chi connectivity index (χ3v) is 7.40. The van der Waals surface area contributed by atoms with Crippen molar-refractivity contribution in [1.82, 2.24) is 14.3 Å². The van der Waals surface area contributed by atoms with Crippen molar-refractivity contribution in [2.24, 2.45) is 0 Å².